The number of morpholine rings is 1. The third kappa shape index (κ3) is 7.36. The summed E-state index contributed by atoms with van der Waals surface area (Å²) in [6, 6.07) is 14.6. The highest BCUT2D eigenvalue weighted by Crippen LogP contribution is 2.29. The van der Waals surface area contributed by atoms with Crippen LogP contribution < -0.4 is 20.7 Å². The molecule has 2 aromatic carbocycles. The number of likely N-dealkylation sites (tertiary alicyclic amines) is 1. The first-order chi connectivity index (χ1) is 21.2. The van der Waals surface area contributed by atoms with Gasteiger partial charge < -0.3 is 35.4 Å². The van der Waals surface area contributed by atoms with E-state index < -0.39 is 30.2 Å². The van der Waals surface area contributed by atoms with Crippen molar-refractivity contribution in [2.24, 2.45) is 5.73 Å². The van der Waals surface area contributed by atoms with Gasteiger partial charge in [-0.3, -0.25) is 9.59 Å². The number of carbonyl (C=O) groups is 2. The summed E-state index contributed by atoms with van der Waals surface area (Å²) in [6.07, 6.45) is -2.00. The van der Waals surface area contributed by atoms with Gasteiger partial charge in [0.25, 0.3) is 5.91 Å². The molecule has 2 fully saturated rings. The molecule has 2 aliphatic rings. The first-order valence-electron chi connectivity index (χ1n) is 14.2. The summed E-state index contributed by atoms with van der Waals surface area (Å²) in [7, 11) is 0. The molecular weight excluding hydrogens is 571 g/mol. The summed E-state index contributed by atoms with van der Waals surface area (Å²) in [5.41, 5.74) is 7.77. The van der Waals surface area contributed by atoms with E-state index in [-0.39, 0.29) is 43.3 Å². The number of alkyl halides is 1. The predicted molar refractivity (Wildman–Crippen MR) is 158 cm³/mol. The molecule has 14 heteroatoms. The number of hydrogen-bond donors (Lipinski definition) is 3. The van der Waals surface area contributed by atoms with Gasteiger partial charge in [0.05, 0.1) is 31.2 Å². The second-order valence-electron chi connectivity index (χ2n) is 10.7. The molecule has 0 unspecified atom stereocenters. The lowest BCUT2D eigenvalue weighted by Gasteiger charge is -2.35. The fourth-order valence-corrected chi connectivity index (χ4v) is 5.18. The molecule has 3 aromatic rings. The molecule has 230 valence electrons. The van der Waals surface area contributed by atoms with Crippen molar-refractivity contribution >= 4 is 29.1 Å². The lowest BCUT2D eigenvalue weighted by molar-refractivity contribution is -0.143. The molecule has 2 saturated heterocycles. The van der Waals surface area contributed by atoms with E-state index >= 15 is 0 Å². The van der Waals surface area contributed by atoms with Crippen LogP contribution in [-0.4, -0.2) is 94.0 Å². The summed E-state index contributed by atoms with van der Waals surface area (Å²) in [5.74, 6) is -0.0803. The summed E-state index contributed by atoms with van der Waals surface area (Å²) in [6.45, 7) is 3.17. The minimum absolute atomic E-state index is 0.176. The molecule has 13 nitrogen and oxygen atoms in total. The Bertz CT molecular complexity index is 1530. The normalized spacial score (nSPS) is 20.8. The number of nitrogens with zero attached hydrogens (tertiary/aromatic N) is 6. The number of halogens is 1. The molecule has 44 heavy (non-hydrogen) atoms. The highest BCUT2D eigenvalue weighted by Gasteiger charge is 2.34. The van der Waals surface area contributed by atoms with Crippen molar-refractivity contribution in [2.45, 2.75) is 44.2 Å². The number of rotatable bonds is 9. The fraction of sp³-hybridized carbons (Fsp3) is 0.400. The van der Waals surface area contributed by atoms with E-state index in [1.54, 1.807) is 18.2 Å². The molecule has 0 saturated carbocycles. The van der Waals surface area contributed by atoms with Gasteiger partial charge in [-0.2, -0.15) is 10.2 Å². The number of nitrogens with two attached hydrogens (primary N) is 1. The number of piperidine rings is 1. The van der Waals surface area contributed by atoms with Crippen molar-refractivity contribution in [1.29, 1.82) is 5.26 Å². The molecule has 0 radical (unpaired) electrons. The molecule has 4 atom stereocenters. The van der Waals surface area contributed by atoms with Gasteiger partial charge >= 0.3 is 0 Å². The lowest BCUT2D eigenvalue weighted by Crippen LogP contribution is -2.51. The van der Waals surface area contributed by atoms with Crippen molar-refractivity contribution in [3.8, 4) is 23.2 Å². The number of aliphatic hydroxyl groups excluding tert-OH is 1. The van der Waals surface area contributed by atoms with Gasteiger partial charge in [0.1, 0.15) is 30.4 Å². The van der Waals surface area contributed by atoms with Gasteiger partial charge in [0.2, 0.25) is 11.9 Å². The Balaban J connectivity index is 1.23. The largest absolute Gasteiger partial charge is 0.486 e. The zero-order valence-corrected chi connectivity index (χ0v) is 24.1. The Morgan fingerprint density at radius 3 is 2.73 bits per heavy atom. The number of aromatic nitrogens is 3. The standard InChI is InChI=1S/C30H33FN8O5/c1-18(40)29(42)39-9-8-26(24(31)16-39)44-25-7-2-19(12-20(25)14-32)28-34-17-35-30(37-28)36-21-3-5-22(6-4-21)38-10-11-43-23(15-38)13-27(33)41/h2-7,12,17-18,23-24,26,40H,8-11,13,15-16H2,1H3,(H2,33,41)(H,34,35,36,37)/t18-,23-,24+,26-/m0/s1. The van der Waals surface area contributed by atoms with Crippen LogP contribution in [0.2, 0.25) is 0 Å². The van der Waals surface area contributed by atoms with Gasteiger partial charge in [-0.25, -0.2) is 14.4 Å². The van der Waals surface area contributed by atoms with Crippen LogP contribution in [-0.2, 0) is 14.3 Å². The highest BCUT2D eigenvalue weighted by molar-refractivity contribution is 5.80. The van der Waals surface area contributed by atoms with E-state index in [0.29, 0.717) is 37.0 Å². The number of anilines is 3. The number of primary amides is 1. The molecule has 3 heterocycles. The molecular formula is C30H33FN8O5. The van der Waals surface area contributed by atoms with Crippen molar-refractivity contribution < 1.29 is 28.6 Å². The van der Waals surface area contributed by atoms with Crippen LogP contribution in [0, 0.1) is 11.3 Å². The topological polar surface area (TPSA) is 180 Å². The van der Waals surface area contributed by atoms with Crippen LogP contribution in [0.25, 0.3) is 11.4 Å². The van der Waals surface area contributed by atoms with Crippen molar-refractivity contribution in [1.82, 2.24) is 19.9 Å². The SMILES string of the molecule is C[C@H](O)C(=O)N1CC[C@H](Oc2ccc(-c3ncnc(Nc4ccc(N5CCO[C@@H](CC(N)=O)C5)cc4)n3)cc2C#N)[C@H](F)C1. The third-order valence-electron chi connectivity index (χ3n) is 7.42. The minimum Gasteiger partial charge on any atom is -0.486 e. The summed E-state index contributed by atoms with van der Waals surface area (Å²) >= 11 is 0. The maximum absolute atomic E-state index is 14.8. The van der Waals surface area contributed by atoms with Crippen molar-refractivity contribution in [3.63, 3.8) is 0 Å². The number of ether oxygens (including phenoxy) is 2. The van der Waals surface area contributed by atoms with Crippen LogP contribution in [0.15, 0.2) is 48.8 Å². The van der Waals surface area contributed by atoms with Gasteiger partial charge in [0.15, 0.2) is 12.0 Å². The van der Waals surface area contributed by atoms with Crippen LogP contribution in [0.3, 0.4) is 0 Å². The smallest absolute Gasteiger partial charge is 0.251 e. The first kappa shape index (κ1) is 30.6. The van der Waals surface area contributed by atoms with E-state index in [1.165, 1.54) is 18.2 Å². The summed E-state index contributed by atoms with van der Waals surface area (Å²) in [4.78, 5) is 39.6. The second-order valence-corrected chi connectivity index (χ2v) is 10.7. The minimum atomic E-state index is -1.48. The number of aliphatic hydroxyl groups is 1. The lowest BCUT2D eigenvalue weighted by atomic mass is 10.0. The monoisotopic (exact) mass is 604 g/mol. The Hall–Kier alpha value is -4.87. The number of nitrogens with one attached hydrogen (secondary N) is 1. The Morgan fingerprint density at radius 2 is 2.02 bits per heavy atom. The Morgan fingerprint density at radius 1 is 1.23 bits per heavy atom. The molecule has 2 amide bonds. The molecule has 0 bridgehead atoms. The quantitative estimate of drug-likeness (QED) is 0.325. The van der Waals surface area contributed by atoms with Crippen LogP contribution in [0.1, 0.15) is 25.3 Å². The zero-order chi connectivity index (χ0) is 31.2. The average Bonchev–Trinajstić information content (AvgIpc) is 3.02. The van der Waals surface area contributed by atoms with Gasteiger partial charge in [-0.1, -0.05) is 0 Å². The maximum atomic E-state index is 14.8. The van der Waals surface area contributed by atoms with Gasteiger partial charge in [-0.15, -0.1) is 0 Å². The molecule has 5 rings (SSSR count). The van der Waals surface area contributed by atoms with Crippen LogP contribution in [0.4, 0.5) is 21.7 Å². The highest BCUT2D eigenvalue weighted by atomic mass is 19.1. The number of amides is 2. The zero-order valence-electron chi connectivity index (χ0n) is 24.1. The second kappa shape index (κ2) is 13.6. The average molecular weight is 605 g/mol. The van der Waals surface area contributed by atoms with Crippen molar-refractivity contribution in [3.05, 3.63) is 54.4 Å². The first-order valence-corrected chi connectivity index (χ1v) is 14.2. The van der Waals surface area contributed by atoms with Crippen molar-refractivity contribution in [2.75, 3.05) is 43.0 Å². The molecule has 4 N–H and O–H groups in total. The predicted octanol–water partition coefficient (Wildman–Crippen LogP) is 1.93. The fourth-order valence-electron chi connectivity index (χ4n) is 5.18. The summed E-state index contributed by atoms with van der Waals surface area (Å²) in [5, 5.41) is 22.4. The molecule has 0 spiro atoms. The molecule has 0 aliphatic carbocycles. The van der Waals surface area contributed by atoms with Gasteiger partial charge in [-0.05, 0) is 49.4 Å². The van der Waals surface area contributed by atoms with E-state index in [2.05, 4.69) is 31.2 Å². The summed E-state index contributed by atoms with van der Waals surface area (Å²) < 4.78 is 26.3. The van der Waals surface area contributed by atoms with Crippen LogP contribution >= 0.6 is 0 Å². The maximum Gasteiger partial charge on any atom is 0.251 e. The van der Waals surface area contributed by atoms with E-state index in [0.717, 1.165) is 11.4 Å². The van der Waals surface area contributed by atoms with Gasteiger partial charge in [0, 0.05) is 43.0 Å². The number of nitriles is 1. The number of carbonyl (C=O) groups excluding carboxylic acids is 2. The number of hydrogen-bond acceptors (Lipinski definition) is 11. The third-order valence-corrected chi connectivity index (χ3v) is 7.42. The van der Waals surface area contributed by atoms with Crippen LogP contribution in [0.5, 0.6) is 5.75 Å². The number of benzene rings is 2. The Labute approximate surface area is 253 Å². The molecule has 2 aliphatic heterocycles. The van der Waals surface area contributed by atoms with E-state index in [4.69, 9.17) is 15.2 Å². The van der Waals surface area contributed by atoms with E-state index in [1.807, 2.05) is 24.3 Å². The Kier molecular flexibility index (Phi) is 9.47. The van der Waals surface area contributed by atoms with E-state index in [9.17, 15) is 24.3 Å². The molecule has 1 aromatic heterocycles.